The van der Waals surface area contributed by atoms with Gasteiger partial charge >= 0.3 is 11.6 Å². The average molecular weight is 585 g/mol. The van der Waals surface area contributed by atoms with Crippen molar-refractivity contribution >= 4 is 44.0 Å². The summed E-state index contributed by atoms with van der Waals surface area (Å²) in [5.74, 6) is 0.453. The van der Waals surface area contributed by atoms with E-state index in [1.165, 1.54) is 36.4 Å². The number of hydrogen-bond donors (Lipinski definition) is 2. The lowest BCUT2D eigenvalue weighted by Crippen LogP contribution is -2.46. The van der Waals surface area contributed by atoms with Crippen LogP contribution < -0.4 is 10.5 Å². The maximum Gasteiger partial charge on any atom is 0.417 e. The number of fused-ring (bicyclic) bond motifs is 4. The van der Waals surface area contributed by atoms with Gasteiger partial charge in [-0.25, -0.2) is 17.9 Å². The smallest absolute Gasteiger partial charge is 0.408 e. The topological polar surface area (TPSA) is 111 Å². The number of sulfonamides is 1. The summed E-state index contributed by atoms with van der Waals surface area (Å²) in [4.78, 5) is 21.6. The normalized spacial score (nSPS) is 21.1. The lowest BCUT2D eigenvalue weighted by Gasteiger charge is -2.36. The Morgan fingerprint density at radius 3 is 2.57 bits per heavy atom. The molecule has 2 fully saturated rings. The number of hydrogen-bond acceptors (Lipinski definition) is 6. The second-order valence-corrected chi connectivity index (χ2v) is 13.3. The molecule has 7 rings (SSSR count). The summed E-state index contributed by atoms with van der Waals surface area (Å²) in [7, 11) is -3.80. The minimum absolute atomic E-state index is 0.0134. The molecule has 10 heteroatoms. The van der Waals surface area contributed by atoms with Gasteiger partial charge in [0.05, 0.1) is 16.1 Å². The van der Waals surface area contributed by atoms with E-state index in [9.17, 15) is 13.2 Å². The molecule has 3 aliphatic rings. The first-order valence-corrected chi connectivity index (χ1v) is 16.1. The summed E-state index contributed by atoms with van der Waals surface area (Å²) in [6.07, 6.45) is 5.25. The standard InChI is InChI=1S/C32H33N5O4S/c1-21-34-28-9-5-6-10-30(28)37(21)26-17-24-11-12-25(18-26)36(24)16-15-23(22-7-3-2-4-8-22)20-33-42(39,40)27-13-14-29-31(19-27)41-32(38)35-29/h2-10,13-14,19,23-25,33H,11-12,15-18,20H2,1H3/p+1. The summed E-state index contributed by atoms with van der Waals surface area (Å²) in [6.45, 7) is 3.29. The predicted molar refractivity (Wildman–Crippen MR) is 163 cm³/mol. The minimum Gasteiger partial charge on any atom is -0.408 e. The van der Waals surface area contributed by atoms with Crippen LogP contribution in [0.25, 0.3) is 11.1 Å². The molecule has 3 aliphatic heterocycles. The molecule has 42 heavy (non-hydrogen) atoms. The fraction of sp³-hybridized carbons (Fsp3) is 0.344. The van der Waals surface area contributed by atoms with E-state index in [1.54, 1.807) is 6.07 Å². The van der Waals surface area contributed by atoms with E-state index in [-0.39, 0.29) is 22.9 Å². The van der Waals surface area contributed by atoms with Gasteiger partial charge < -0.3 is 4.42 Å². The van der Waals surface area contributed by atoms with Crippen LogP contribution in [0, 0.1) is 0 Å². The molecular weight excluding hydrogens is 550 g/mol. The number of aromatic nitrogens is 1. The van der Waals surface area contributed by atoms with E-state index in [4.69, 9.17) is 9.41 Å². The Hall–Kier alpha value is -3.86. The van der Waals surface area contributed by atoms with Gasteiger partial charge in [-0.1, -0.05) is 42.5 Å². The van der Waals surface area contributed by atoms with Crippen LogP contribution in [0.4, 0.5) is 11.4 Å². The maximum absolute atomic E-state index is 13.2. The van der Waals surface area contributed by atoms with E-state index in [0.29, 0.717) is 17.6 Å². The number of nitrogens with one attached hydrogen (secondary N) is 2. The van der Waals surface area contributed by atoms with E-state index in [0.717, 1.165) is 42.9 Å². The van der Waals surface area contributed by atoms with Crippen LogP contribution in [0.2, 0.25) is 0 Å². The lowest BCUT2D eigenvalue weighted by molar-refractivity contribution is -0.307. The van der Waals surface area contributed by atoms with Crippen LogP contribution >= 0.6 is 0 Å². The SMILES string of the molecule is CC1=Nc2ccccc2[N+]1=C1CC2CCC(C1)N2CCC(CNS(=O)(=O)c1ccc2[nH]c(=O)oc2c1)c1ccccc1. The predicted octanol–water partition coefficient (Wildman–Crippen LogP) is 5.05. The molecule has 9 nitrogen and oxygen atoms in total. The maximum atomic E-state index is 13.2. The zero-order valence-corrected chi connectivity index (χ0v) is 24.3. The minimum atomic E-state index is -3.80. The number of benzene rings is 3. The average Bonchev–Trinajstić information content (AvgIpc) is 3.61. The van der Waals surface area contributed by atoms with Crippen LogP contribution in [-0.2, 0) is 10.0 Å². The van der Waals surface area contributed by atoms with E-state index in [2.05, 4.69) is 56.4 Å². The quantitative estimate of drug-likeness (QED) is 0.282. The molecule has 4 heterocycles. The number of rotatable bonds is 8. The lowest BCUT2D eigenvalue weighted by atomic mass is 9.93. The van der Waals surface area contributed by atoms with E-state index in [1.807, 2.05) is 24.3 Å². The highest BCUT2D eigenvalue weighted by atomic mass is 32.2. The second kappa shape index (κ2) is 10.8. The molecule has 2 N–H and O–H groups in total. The molecule has 2 saturated heterocycles. The van der Waals surface area contributed by atoms with Crippen LogP contribution in [-0.4, -0.2) is 59.6 Å². The van der Waals surface area contributed by atoms with Gasteiger partial charge in [0.25, 0.3) is 0 Å². The summed E-state index contributed by atoms with van der Waals surface area (Å²) in [5.41, 5.74) is 5.49. The van der Waals surface area contributed by atoms with Crippen molar-refractivity contribution in [2.75, 3.05) is 13.1 Å². The third-order valence-corrected chi connectivity index (χ3v) is 10.4. The third kappa shape index (κ3) is 5.04. The molecule has 0 saturated carbocycles. The third-order valence-electron chi connectivity index (χ3n) is 8.99. The number of aliphatic imine (C=N–C) groups is 1. The van der Waals surface area contributed by atoms with Crippen molar-refractivity contribution < 1.29 is 17.4 Å². The molecule has 3 atom stereocenters. The molecule has 0 amide bonds. The largest absolute Gasteiger partial charge is 0.417 e. The van der Waals surface area contributed by atoms with Crippen molar-refractivity contribution in [1.82, 2.24) is 14.6 Å². The highest BCUT2D eigenvalue weighted by molar-refractivity contribution is 7.89. The molecular formula is C32H34N5O4S+. The van der Waals surface area contributed by atoms with Crippen molar-refractivity contribution in [3.63, 3.8) is 0 Å². The molecule has 0 spiro atoms. The first-order valence-electron chi connectivity index (χ1n) is 14.6. The Morgan fingerprint density at radius 1 is 1.05 bits per heavy atom. The number of oxazole rings is 1. The highest BCUT2D eigenvalue weighted by Gasteiger charge is 2.42. The van der Waals surface area contributed by atoms with Crippen molar-refractivity contribution in [2.45, 2.75) is 61.9 Å². The number of nitrogens with zero attached hydrogens (tertiary/aromatic N) is 3. The van der Waals surface area contributed by atoms with E-state index < -0.39 is 15.8 Å². The molecule has 0 radical (unpaired) electrons. The zero-order chi connectivity index (χ0) is 28.8. The summed E-state index contributed by atoms with van der Waals surface area (Å²) in [5, 5.41) is 0. The molecule has 0 aliphatic carbocycles. The number of piperidine rings is 1. The number of amidine groups is 1. The molecule has 3 aromatic carbocycles. The van der Waals surface area contributed by atoms with Crippen molar-refractivity contribution in [3.05, 3.63) is 88.9 Å². The van der Waals surface area contributed by atoms with E-state index >= 15 is 0 Å². The van der Waals surface area contributed by atoms with Gasteiger partial charge in [0.1, 0.15) is 0 Å². The van der Waals surface area contributed by atoms with Crippen molar-refractivity contribution in [3.8, 4) is 0 Å². The first-order chi connectivity index (χ1) is 20.4. The summed E-state index contributed by atoms with van der Waals surface area (Å²) in [6, 6.07) is 23.9. The second-order valence-electron chi connectivity index (χ2n) is 11.5. The van der Waals surface area contributed by atoms with Crippen LogP contribution in [0.1, 0.15) is 50.5 Å². The Labute approximate surface area is 244 Å². The van der Waals surface area contributed by atoms with Gasteiger partial charge in [-0.15, -0.1) is 0 Å². The van der Waals surface area contributed by atoms with Gasteiger partial charge in [0.2, 0.25) is 15.7 Å². The molecule has 2 bridgehead atoms. The number of aromatic amines is 1. The fourth-order valence-corrected chi connectivity index (χ4v) is 8.07. The van der Waals surface area contributed by atoms with Gasteiger partial charge in [-0.05, 0) is 66.5 Å². The number of H-pyrrole nitrogens is 1. The van der Waals surface area contributed by atoms with Crippen LogP contribution in [0.15, 0.2) is 91.9 Å². The Bertz CT molecular complexity index is 1860. The van der Waals surface area contributed by atoms with Crippen LogP contribution in [0.5, 0.6) is 0 Å². The van der Waals surface area contributed by atoms with Crippen molar-refractivity contribution in [2.24, 2.45) is 4.99 Å². The Balaban J connectivity index is 1.07. The van der Waals surface area contributed by atoms with Crippen LogP contribution in [0.3, 0.4) is 0 Å². The summed E-state index contributed by atoms with van der Waals surface area (Å²) >= 11 is 0. The zero-order valence-electron chi connectivity index (χ0n) is 23.5. The molecule has 1 aromatic heterocycles. The van der Waals surface area contributed by atoms with Crippen molar-refractivity contribution in [1.29, 1.82) is 0 Å². The Kier molecular flexibility index (Phi) is 6.92. The van der Waals surface area contributed by atoms with Gasteiger partial charge in [0.15, 0.2) is 11.3 Å². The summed E-state index contributed by atoms with van der Waals surface area (Å²) < 4.78 is 36.8. The fourth-order valence-electron chi connectivity index (χ4n) is 6.98. The molecule has 216 valence electrons. The highest BCUT2D eigenvalue weighted by Crippen LogP contribution is 2.39. The molecule has 3 unspecified atom stereocenters. The monoisotopic (exact) mass is 584 g/mol. The molecule has 4 aromatic rings. The van der Waals surface area contributed by atoms with Gasteiger partial charge in [-0.3, -0.25) is 9.88 Å². The Morgan fingerprint density at radius 2 is 1.79 bits per heavy atom. The first kappa shape index (κ1) is 27.0. The van der Waals surface area contributed by atoms with Gasteiger partial charge in [0, 0.05) is 44.5 Å². The number of para-hydroxylation sites is 2. The van der Waals surface area contributed by atoms with Gasteiger partial charge in [-0.2, -0.15) is 4.58 Å².